The standard InChI is InChI=1S/C16H13NO4S/c1-21-10-5-2-4-9(8-10)14(18)12-13(11-6-3-7-22-11)17-16(20)15(12)19/h2-8,13,18H,1H3,(H,17,20)/t13-/m1/s1. The fraction of sp³-hybridized carbons (Fsp3) is 0.125. The summed E-state index contributed by atoms with van der Waals surface area (Å²) in [6.07, 6.45) is 0. The third-order valence-corrected chi connectivity index (χ3v) is 4.38. The summed E-state index contributed by atoms with van der Waals surface area (Å²) in [4.78, 5) is 24.6. The Morgan fingerprint density at radius 1 is 1.27 bits per heavy atom. The fourth-order valence-electron chi connectivity index (χ4n) is 2.36. The van der Waals surface area contributed by atoms with Gasteiger partial charge in [0.2, 0.25) is 0 Å². The van der Waals surface area contributed by atoms with Gasteiger partial charge in [0.1, 0.15) is 11.5 Å². The lowest BCUT2D eigenvalue weighted by Gasteiger charge is -2.12. The number of carbonyl (C=O) groups is 2. The van der Waals surface area contributed by atoms with E-state index in [-0.39, 0.29) is 11.3 Å². The highest BCUT2D eigenvalue weighted by atomic mass is 32.1. The van der Waals surface area contributed by atoms with E-state index in [9.17, 15) is 14.7 Å². The molecule has 0 unspecified atom stereocenters. The molecule has 0 bridgehead atoms. The molecule has 1 amide bonds. The molecule has 6 heteroatoms. The molecule has 5 nitrogen and oxygen atoms in total. The Labute approximate surface area is 130 Å². The summed E-state index contributed by atoms with van der Waals surface area (Å²) in [5.74, 6) is -1.07. The maximum Gasteiger partial charge on any atom is 0.293 e. The molecule has 1 aliphatic rings. The molecule has 1 aromatic carbocycles. The van der Waals surface area contributed by atoms with Gasteiger partial charge in [-0.25, -0.2) is 0 Å². The molecule has 0 aliphatic carbocycles. The molecule has 0 saturated carbocycles. The van der Waals surface area contributed by atoms with Crippen molar-refractivity contribution in [2.45, 2.75) is 6.04 Å². The van der Waals surface area contributed by atoms with Crippen LogP contribution in [0, 0.1) is 0 Å². The first-order valence-corrected chi connectivity index (χ1v) is 7.46. The number of hydrogen-bond donors (Lipinski definition) is 2. The Morgan fingerprint density at radius 2 is 2.09 bits per heavy atom. The summed E-state index contributed by atoms with van der Waals surface area (Å²) < 4.78 is 5.12. The second-order valence-corrected chi connectivity index (χ2v) is 5.72. The van der Waals surface area contributed by atoms with E-state index in [1.54, 1.807) is 24.3 Å². The lowest BCUT2D eigenvalue weighted by atomic mass is 10.00. The van der Waals surface area contributed by atoms with Crippen LogP contribution in [-0.2, 0) is 9.59 Å². The number of amides is 1. The topological polar surface area (TPSA) is 75.6 Å². The number of Topliss-reactive ketones (excluding diaryl/α,β-unsaturated/α-hetero) is 1. The van der Waals surface area contributed by atoms with Crippen molar-refractivity contribution in [1.29, 1.82) is 0 Å². The van der Waals surface area contributed by atoms with Gasteiger partial charge < -0.3 is 15.2 Å². The molecule has 1 aromatic heterocycles. The van der Waals surface area contributed by atoms with Crippen LogP contribution in [0.3, 0.4) is 0 Å². The van der Waals surface area contributed by atoms with Crippen LogP contribution in [0.5, 0.6) is 5.75 Å². The molecular weight excluding hydrogens is 302 g/mol. The molecule has 3 rings (SSSR count). The van der Waals surface area contributed by atoms with Crippen molar-refractivity contribution in [3.05, 3.63) is 57.8 Å². The van der Waals surface area contributed by atoms with E-state index in [1.807, 2.05) is 17.5 Å². The number of ether oxygens (including phenoxy) is 1. The van der Waals surface area contributed by atoms with Gasteiger partial charge >= 0.3 is 0 Å². The SMILES string of the molecule is COc1cccc(C(O)=C2C(=O)C(=O)N[C@@H]2c2cccs2)c1. The third kappa shape index (κ3) is 2.37. The summed E-state index contributed by atoms with van der Waals surface area (Å²) in [7, 11) is 1.52. The van der Waals surface area contributed by atoms with Crippen LogP contribution in [-0.4, -0.2) is 23.9 Å². The Morgan fingerprint density at radius 3 is 2.77 bits per heavy atom. The number of nitrogens with one attached hydrogen (secondary N) is 1. The molecule has 22 heavy (non-hydrogen) atoms. The molecule has 2 heterocycles. The van der Waals surface area contributed by atoms with Crippen LogP contribution in [0.25, 0.3) is 5.76 Å². The predicted octanol–water partition coefficient (Wildman–Crippen LogP) is 2.47. The summed E-state index contributed by atoms with van der Waals surface area (Å²) in [5, 5.41) is 15.0. The van der Waals surface area contributed by atoms with Gasteiger partial charge in [-0.2, -0.15) is 0 Å². The quantitative estimate of drug-likeness (QED) is 0.518. The zero-order chi connectivity index (χ0) is 15.7. The number of methoxy groups -OCH3 is 1. The summed E-state index contributed by atoms with van der Waals surface area (Å²) in [5.41, 5.74) is 0.501. The second-order valence-electron chi connectivity index (χ2n) is 4.75. The number of thiophene rings is 1. The van der Waals surface area contributed by atoms with E-state index in [0.29, 0.717) is 11.3 Å². The number of carbonyl (C=O) groups excluding carboxylic acids is 2. The van der Waals surface area contributed by atoms with Gasteiger partial charge in [0.25, 0.3) is 11.7 Å². The van der Waals surface area contributed by atoms with Crippen molar-refractivity contribution in [2.75, 3.05) is 7.11 Å². The van der Waals surface area contributed by atoms with Crippen molar-refractivity contribution < 1.29 is 19.4 Å². The van der Waals surface area contributed by atoms with Crippen LogP contribution >= 0.6 is 11.3 Å². The lowest BCUT2D eigenvalue weighted by Crippen LogP contribution is -2.20. The molecule has 0 spiro atoms. The predicted molar refractivity (Wildman–Crippen MR) is 82.8 cm³/mol. The minimum Gasteiger partial charge on any atom is -0.507 e. The van der Waals surface area contributed by atoms with Crippen LogP contribution in [0.4, 0.5) is 0 Å². The van der Waals surface area contributed by atoms with Crippen LogP contribution in [0.1, 0.15) is 16.5 Å². The molecule has 1 saturated heterocycles. The van der Waals surface area contributed by atoms with Crippen molar-refractivity contribution >= 4 is 28.8 Å². The third-order valence-electron chi connectivity index (χ3n) is 3.44. The Hall–Kier alpha value is -2.60. The summed E-state index contributed by atoms with van der Waals surface area (Å²) in [6, 6.07) is 9.74. The number of ketones is 1. The molecule has 1 fully saturated rings. The first-order chi connectivity index (χ1) is 10.6. The highest BCUT2D eigenvalue weighted by Gasteiger charge is 2.40. The fourth-order valence-corrected chi connectivity index (χ4v) is 3.15. The number of aliphatic hydroxyl groups is 1. The zero-order valence-electron chi connectivity index (χ0n) is 11.7. The molecule has 112 valence electrons. The van der Waals surface area contributed by atoms with E-state index in [4.69, 9.17) is 4.74 Å². The second kappa shape index (κ2) is 5.65. The highest BCUT2D eigenvalue weighted by molar-refractivity contribution is 7.10. The van der Waals surface area contributed by atoms with Gasteiger partial charge in [-0.15, -0.1) is 11.3 Å². The number of aliphatic hydroxyl groups excluding tert-OH is 1. The molecule has 1 aliphatic heterocycles. The van der Waals surface area contributed by atoms with Crippen molar-refractivity contribution in [3.63, 3.8) is 0 Å². The first-order valence-electron chi connectivity index (χ1n) is 6.58. The Bertz CT molecular complexity index is 764. The molecule has 2 aromatic rings. The minimum absolute atomic E-state index is 0.0701. The van der Waals surface area contributed by atoms with Gasteiger partial charge in [-0.3, -0.25) is 9.59 Å². The number of benzene rings is 1. The Balaban J connectivity index is 2.11. The van der Waals surface area contributed by atoms with Crippen molar-refractivity contribution in [3.8, 4) is 5.75 Å². The van der Waals surface area contributed by atoms with Crippen molar-refractivity contribution in [1.82, 2.24) is 5.32 Å². The summed E-state index contributed by atoms with van der Waals surface area (Å²) >= 11 is 1.41. The average molecular weight is 315 g/mol. The highest BCUT2D eigenvalue weighted by Crippen LogP contribution is 2.35. The van der Waals surface area contributed by atoms with Gasteiger partial charge in [-0.05, 0) is 23.6 Å². The van der Waals surface area contributed by atoms with E-state index < -0.39 is 17.7 Å². The van der Waals surface area contributed by atoms with Gasteiger partial charge in [-0.1, -0.05) is 18.2 Å². The zero-order valence-corrected chi connectivity index (χ0v) is 12.5. The van der Waals surface area contributed by atoms with E-state index in [2.05, 4.69) is 5.32 Å². The number of hydrogen-bond acceptors (Lipinski definition) is 5. The molecule has 0 radical (unpaired) electrons. The minimum atomic E-state index is -0.710. The van der Waals surface area contributed by atoms with Gasteiger partial charge in [0.05, 0.1) is 18.7 Å². The molecule has 2 N–H and O–H groups in total. The van der Waals surface area contributed by atoms with E-state index in [0.717, 1.165) is 4.88 Å². The summed E-state index contributed by atoms with van der Waals surface area (Å²) in [6.45, 7) is 0. The first kappa shape index (κ1) is 14.3. The normalized spacial score (nSPS) is 20.0. The van der Waals surface area contributed by atoms with Crippen LogP contribution < -0.4 is 10.1 Å². The largest absolute Gasteiger partial charge is 0.507 e. The van der Waals surface area contributed by atoms with Crippen LogP contribution in [0.15, 0.2) is 47.4 Å². The van der Waals surface area contributed by atoms with Gasteiger partial charge in [0.15, 0.2) is 0 Å². The van der Waals surface area contributed by atoms with E-state index in [1.165, 1.54) is 18.4 Å². The van der Waals surface area contributed by atoms with Gasteiger partial charge in [0, 0.05) is 10.4 Å². The molecular formula is C16H13NO4S. The monoisotopic (exact) mass is 315 g/mol. The Kier molecular flexibility index (Phi) is 3.68. The maximum absolute atomic E-state index is 12.1. The van der Waals surface area contributed by atoms with Crippen LogP contribution in [0.2, 0.25) is 0 Å². The lowest BCUT2D eigenvalue weighted by molar-refractivity contribution is -0.133. The average Bonchev–Trinajstić information content (AvgIpc) is 3.16. The maximum atomic E-state index is 12.1. The van der Waals surface area contributed by atoms with E-state index >= 15 is 0 Å². The molecule has 1 atom stereocenters. The number of rotatable bonds is 3. The van der Waals surface area contributed by atoms with Crippen molar-refractivity contribution in [2.24, 2.45) is 0 Å². The smallest absolute Gasteiger partial charge is 0.293 e.